The Morgan fingerprint density at radius 3 is 2.61 bits per heavy atom. The molecule has 3 aliphatic rings. The van der Waals surface area contributed by atoms with Crippen molar-refractivity contribution in [3.05, 3.63) is 53.3 Å². The summed E-state index contributed by atoms with van der Waals surface area (Å²) >= 11 is 0. The lowest BCUT2D eigenvalue weighted by molar-refractivity contribution is -0.125. The number of hydrogen-bond acceptors (Lipinski definition) is 8. The molecule has 3 aromatic rings. The third-order valence-electron chi connectivity index (χ3n) is 7.58. The SMILES string of the molecule is CCCN1CCN(c2ccc3oc([C@]4(CN5Cc6ccc(OC)cc6C5=O)NC(=O)NC4=O)cc3n2)CC1. The monoisotopic (exact) mass is 518 g/mol. The Morgan fingerprint density at radius 1 is 1.08 bits per heavy atom. The number of hydrogen-bond donors (Lipinski definition) is 2. The lowest BCUT2D eigenvalue weighted by atomic mass is 9.95. The average molecular weight is 519 g/mol. The van der Waals surface area contributed by atoms with E-state index in [2.05, 4.69) is 27.4 Å². The molecule has 2 saturated heterocycles. The number of imide groups is 1. The third kappa shape index (κ3) is 4.03. The first-order valence-corrected chi connectivity index (χ1v) is 12.9. The van der Waals surface area contributed by atoms with Crippen LogP contribution in [0.1, 0.15) is 35.0 Å². The van der Waals surface area contributed by atoms with E-state index in [1.54, 1.807) is 25.3 Å². The van der Waals surface area contributed by atoms with Gasteiger partial charge in [0.1, 0.15) is 22.8 Å². The van der Waals surface area contributed by atoms with Crippen molar-refractivity contribution in [2.75, 3.05) is 51.3 Å². The molecule has 11 heteroatoms. The highest BCUT2D eigenvalue weighted by Crippen LogP contribution is 2.35. The number of nitrogens with one attached hydrogen (secondary N) is 2. The Labute approximate surface area is 219 Å². The molecule has 0 saturated carbocycles. The number of anilines is 1. The number of methoxy groups -OCH3 is 1. The highest BCUT2D eigenvalue weighted by Gasteiger charge is 2.53. The molecule has 0 aliphatic carbocycles. The number of aromatic nitrogens is 1. The minimum Gasteiger partial charge on any atom is -0.497 e. The number of benzene rings is 1. The molecule has 0 bridgehead atoms. The molecule has 198 valence electrons. The Morgan fingerprint density at radius 2 is 1.89 bits per heavy atom. The third-order valence-corrected chi connectivity index (χ3v) is 7.58. The van der Waals surface area contributed by atoms with Crippen LogP contribution in [-0.2, 0) is 16.9 Å². The van der Waals surface area contributed by atoms with E-state index in [9.17, 15) is 14.4 Å². The Kier molecular flexibility index (Phi) is 5.94. The summed E-state index contributed by atoms with van der Waals surface area (Å²) in [5.74, 6) is 0.830. The fourth-order valence-corrected chi connectivity index (χ4v) is 5.55. The summed E-state index contributed by atoms with van der Waals surface area (Å²) in [5, 5.41) is 5.05. The molecule has 6 rings (SSSR count). The summed E-state index contributed by atoms with van der Waals surface area (Å²) in [6.07, 6.45) is 1.14. The van der Waals surface area contributed by atoms with Crippen LogP contribution in [0.3, 0.4) is 0 Å². The smallest absolute Gasteiger partial charge is 0.322 e. The summed E-state index contributed by atoms with van der Waals surface area (Å²) in [5.41, 5.74) is 0.848. The minimum absolute atomic E-state index is 0.0908. The van der Waals surface area contributed by atoms with Crippen LogP contribution in [0, 0.1) is 0 Å². The normalized spacial score (nSPS) is 21.7. The standard InChI is InChI=1S/C27H30N6O5/c1-3-8-31-9-11-32(12-10-31)23-7-6-21-20(28-23)14-22(38-21)27(25(35)29-26(36)30-27)16-33-15-17-4-5-18(37-2)13-19(17)24(33)34/h4-7,13-14H,3,8-12,15-16H2,1-2H3,(H2,29,30,35,36)/t27-/m0/s1. The summed E-state index contributed by atoms with van der Waals surface area (Å²) < 4.78 is 11.4. The van der Waals surface area contributed by atoms with Gasteiger partial charge in [0.05, 0.1) is 13.7 Å². The largest absolute Gasteiger partial charge is 0.497 e. The predicted molar refractivity (Wildman–Crippen MR) is 139 cm³/mol. The summed E-state index contributed by atoms with van der Waals surface area (Å²) in [6.45, 7) is 7.23. The van der Waals surface area contributed by atoms with Crippen molar-refractivity contribution in [3.8, 4) is 5.75 Å². The summed E-state index contributed by atoms with van der Waals surface area (Å²) in [7, 11) is 1.54. The van der Waals surface area contributed by atoms with Crippen molar-refractivity contribution < 1.29 is 23.5 Å². The van der Waals surface area contributed by atoms with E-state index in [1.807, 2.05) is 18.2 Å². The molecular formula is C27H30N6O5. The van der Waals surface area contributed by atoms with Crippen LogP contribution in [0.15, 0.2) is 40.8 Å². The lowest BCUT2D eigenvalue weighted by Gasteiger charge is -2.35. The van der Waals surface area contributed by atoms with Gasteiger partial charge in [-0.25, -0.2) is 9.78 Å². The van der Waals surface area contributed by atoms with Gasteiger partial charge in [0.15, 0.2) is 11.1 Å². The summed E-state index contributed by atoms with van der Waals surface area (Å²) in [6, 6.07) is 10.1. The van der Waals surface area contributed by atoms with Gasteiger partial charge in [-0.1, -0.05) is 13.0 Å². The molecule has 0 spiro atoms. The first-order valence-electron chi connectivity index (χ1n) is 12.9. The molecule has 4 amide bonds. The second-order valence-electron chi connectivity index (χ2n) is 9.99. The fraction of sp³-hybridized carbons (Fsp3) is 0.407. The number of piperazine rings is 1. The first-order chi connectivity index (χ1) is 18.4. The number of carbonyl (C=O) groups excluding carboxylic acids is 3. The molecule has 11 nitrogen and oxygen atoms in total. The average Bonchev–Trinajstić information content (AvgIpc) is 3.57. The van der Waals surface area contributed by atoms with E-state index in [0.717, 1.165) is 50.5 Å². The van der Waals surface area contributed by atoms with Crippen LogP contribution in [0.2, 0.25) is 0 Å². The highest BCUT2D eigenvalue weighted by molar-refractivity contribution is 6.08. The van der Waals surface area contributed by atoms with E-state index in [-0.39, 0.29) is 18.2 Å². The topological polar surface area (TPSA) is 120 Å². The number of nitrogens with zero attached hydrogens (tertiary/aromatic N) is 4. The van der Waals surface area contributed by atoms with E-state index in [1.165, 1.54) is 4.90 Å². The van der Waals surface area contributed by atoms with E-state index in [4.69, 9.17) is 14.1 Å². The zero-order valence-electron chi connectivity index (χ0n) is 21.5. The molecule has 3 aliphatic heterocycles. The first kappa shape index (κ1) is 24.2. The van der Waals surface area contributed by atoms with Crippen molar-refractivity contribution in [2.24, 2.45) is 0 Å². The zero-order chi connectivity index (χ0) is 26.4. The fourth-order valence-electron chi connectivity index (χ4n) is 5.55. The van der Waals surface area contributed by atoms with Crippen molar-refractivity contribution in [2.45, 2.75) is 25.4 Å². The Bertz CT molecular complexity index is 1430. The van der Waals surface area contributed by atoms with Crippen LogP contribution >= 0.6 is 0 Å². The molecule has 2 N–H and O–H groups in total. The van der Waals surface area contributed by atoms with Gasteiger partial charge in [-0.2, -0.15) is 0 Å². The molecular weight excluding hydrogens is 488 g/mol. The molecule has 1 aromatic carbocycles. The van der Waals surface area contributed by atoms with Gasteiger partial charge >= 0.3 is 6.03 Å². The maximum absolute atomic E-state index is 13.2. The molecule has 0 radical (unpaired) electrons. The van der Waals surface area contributed by atoms with Gasteiger partial charge in [-0.15, -0.1) is 0 Å². The molecule has 1 atom stereocenters. The van der Waals surface area contributed by atoms with Gasteiger partial charge < -0.3 is 24.3 Å². The Balaban J connectivity index is 1.29. The van der Waals surface area contributed by atoms with Crippen molar-refractivity contribution in [1.82, 2.24) is 25.4 Å². The molecule has 2 fully saturated rings. The number of pyridine rings is 1. The van der Waals surface area contributed by atoms with E-state index >= 15 is 0 Å². The number of furan rings is 1. The van der Waals surface area contributed by atoms with Crippen LogP contribution < -0.4 is 20.3 Å². The van der Waals surface area contributed by atoms with Crippen LogP contribution in [0.5, 0.6) is 5.75 Å². The van der Waals surface area contributed by atoms with Crippen LogP contribution in [0.4, 0.5) is 10.6 Å². The molecule has 2 aromatic heterocycles. The van der Waals surface area contributed by atoms with E-state index < -0.39 is 17.5 Å². The van der Waals surface area contributed by atoms with Gasteiger partial charge in [0.2, 0.25) is 0 Å². The molecule has 0 unspecified atom stereocenters. The highest BCUT2D eigenvalue weighted by atomic mass is 16.5. The number of carbonyl (C=O) groups is 3. The maximum atomic E-state index is 13.2. The van der Waals surface area contributed by atoms with Gasteiger partial charge in [0.25, 0.3) is 11.8 Å². The van der Waals surface area contributed by atoms with Gasteiger partial charge in [-0.05, 0) is 42.8 Å². The number of fused-ring (bicyclic) bond motifs is 2. The zero-order valence-corrected chi connectivity index (χ0v) is 21.5. The minimum atomic E-state index is -1.58. The number of rotatable bonds is 7. The van der Waals surface area contributed by atoms with Crippen molar-refractivity contribution >= 4 is 34.8 Å². The number of ether oxygens (including phenoxy) is 1. The number of amides is 4. The van der Waals surface area contributed by atoms with Gasteiger partial charge in [0, 0.05) is 44.4 Å². The van der Waals surface area contributed by atoms with Crippen molar-refractivity contribution in [3.63, 3.8) is 0 Å². The van der Waals surface area contributed by atoms with E-state index in [0.29, 0.717) is 29.0 Å². The Hall–Kier alpha value is -4.12. The maximum Gasteiger partial charge on any atom is 0.322 e. The van der Waals surface area contributed by atoms with Crippen molar-refractivity contribution in [1.29, 1.82) is 0 Å². The molecule has 38 heavy (non-hydrogen) atoms. The van der Waals surface area contributed by atoms with Gasteiger partial charge in [-0.3, -0.25) is 19.8 Å². The second-order valence-corrected chi connectivity index (χ2v) is 9.99. The summed E-state index contributed by atoms with van der Waals surface area (Å²) in [4.78, 5) is 49.8. The van der Waals surface area contributed by atoms with Crippen LogP contribution in [0.25, 0.3) is 11.1 Å². The number of urea groups is 1. The van der Waals surface area contributed by atoms with Crippen LogP contribution in [-0.4, -0.2) is 79.0 Å². The second kappa shape index (κ2) is 9.32. The lowest BCUT2D eigenvalue weighted by Crippen LogP contribution is -2.52. The molecule has 5 heterocycles. The quantitative estimate of drug-likeness (QED) is 0.456. The predicted octanol–water partition coefficient (Wildman–Crippen LogP) is 2.06.